The average Bonchev–Trinajstić information content (AvgIpc) is 3.08. The van der Waals surface area contributed by atoms with Crippen LogP contribution >= 0.6 is 34.5 Å². The summed E-state index contributed by atoms with van der Waals surface area (Å²) in [7, 11) is 4.04. The number of anilines is 1. The highest BCUT2D eigenvalue weighted by atomic mass is 35.5. The third kappa shape index (κ3) is 5.58. The monoisotopic (exact) mass is 447 g/mol. The van der Waals surface area contributed by atoms with Crippen LogP contribution in [0, 0.1) is 6.92 Å². The SMILES string of the molecule is Cc1cc(Cl)cc2sc(N(CCCN(C)C)C(=O)/C=C/c3ccccc3Cl)nc12. The Hall–Kier alpha value is -1.92. The molecular weight excluding hydrogens is 425 g/mol. The summed E-state index contributed by atoms with van der Waals surface area (Å²) >= 11 is 13.9. The van der Waals surface area contributed by atoms with Gasteiger partial charge in [-0.05, 0) is 69.4 Å². The van der Waals surface area contributed by atoms with Crippen molar-refractivity contribution in [2.75, 3.05) is 32.1 Å². The highest BCUT2D eigenvalue weighted by molar-refractivity contribution is 7.22. The number of hydrogen-bond donors (Lipinski definition) is 0. The van der Waals surface area contributed by atoms with Crippen molar-refractivity contribution >= 4 is 61.9 Å². The molecule has 0 aliphatic rings. The van der Waals surface area contributed by atoms with Crippen LogP contribution in [0.3, 0.4) is 0 Å². The second kappa shape index (κ2) is 9.72. The Bertz CT molecular complexity index is 1050. The van der Waals surface area contributed by atoms with Crippen LogP contribution in [0.15, 0.2) is 42.5 Å². The minimum atomic E-state index is -0.119. The molecule has 2 aromatic carbocycles. The number of aromatic nitrogens is 1. The molecule has 7 heteroatoms. The van der Waals surface area contributed by atoms with E-state index in [9.17, 15) is 4.79 Å². The van der Waals surface area contributed by atoms with E-state index in [4.69, 9.17) is 28.2 Å². The van der Waals surface area contributed by atoms with Gasteiger partial charge in [0.05, 0.1) is 10.2 Å². The van der Waals surface area contributed by atoms with Crippen LogP contribution in [0.4, 0.5) is 5.13 Å². The normalized spacial score (nSPS) is 11.7. The molecule has 4 nitrogen and oxygen atoms in total. The zero-order valence-corrected chi connectivity index (χ0v) is 19.0. The molecule has 3 rings (SSSR count). The Balaban J connectivity index is 1.90. The summed E-state index contributed by atoms with van der Waals surface area (Å²) in [5, 5.41) is 1.97. The Morgan fingerprint density at radius 1 is 1.17 bits per heavy atom. The smallest absolute Gasteiger partial charge is 0.252 e. The summed E-state index contributed by atoms with van der Waals surface area (Å²) in [4.78, 5) is 21.6. The maximum absolute atomic E-state index is 13.1. The maximum Gasteiger partial charge on any atom is 0.252 e. The van der Waals surface area contributed by atoms with Crippen LogP contribution in [-0.4, -0.2) is 43.0 Å². The number of rotatable bonds is 7. The van der Waals surface area contributed by atoms with Gasteiger partial charge in [-0.3, -0.25) is 9.69 Å². The molecule has 0 fully saturated rings. The van der Waals surface area contributed by atoms with Gasteiger partial charge in [0, 0.05) is 22.7 Å². The molecule has 1 aromatic heterocycles. The molecule has 0 spiro atoms. The van der Waals surface area contributed by atoms with Gasteiger partial charge < -0.3 is 4.90 Å². The average molecular weight is 448 g/mol. The molecule has 0 aliphatic carbocycles. The first-order valence-electron chi connectivity index (χ1n) is 9.30. The number of hydrogen-bond acceptors (Lipinski definition) is 4. The van der Waals surface area contributed by atoms with Gasteiger partial charge in [-0.2, -0.15) is 0 Å². The molecule has 0 aliphatic heterocycles. The Labute approximate surface area is 185 Å². The first-order chi connectivity index (χ1) is 13.8. The van der Waals surface area contributed by atoms with Gasteiger partial charge in [-0.25, -0.2) is 4.98 Å². The lowest BCUT2D eigenvalue weighted by Crippen LogP contribution is -2.32. The summed E-state index contributed by atoms with van der Waals surface area (Å²) in [6.07, 6.45) is 4.15. The van der Waals surface area contributed by atoms with Crippen molar-refractivity contribution in [1.29, 1.82) is 0 Å². The van der Waals surface area contributed by atoms with Gasteiger partial charge >= 0.3 is 0 Å². The van der Waals surface area contributed by atoms with E-state index in [1.54, 1.807) is 23.1 Å². The van der Waals surface area contributed by atoms with Gasteiger partial charge in [0.15, 0.2) is 5.13 Å². The molecule has 1 amide bonds. The number of halogens is 2. The molecule has 3 aromatic rings. The van der Waals surface area contributed by atoms with Gasteiger partial charge in [0.1, 0.15) is 0 Å². The number of carbonyl (C=O) groups is 1. The summed E-state index contributed by atoms with van der Waals surface area (Å²) < 4.78 is 0.977. The van der Waals surface area contributed by atoms with Crippen molar-refractivity contribution in [3.05, 3.63) is 63.6 Å². The predicted molar refractivity (Wildman–Crippen MR) is 125 cm³/mol. The van der Waals surface area contributed by atoms with Crippen LogP contribution in [0.5, 0.6) is 0 Å². The van der Waals surface area contributed by atoms with Gasteiger partial charge in [0.25, 0.3) is 5.91 Å². The van der Waals surface area contributed by atoms with Crippen LogP contribution in [0.2, 0.25) is 10.0 Å². The van der Waals surface area contributed by atoms with E-state index in [1.807, 2.05) is 51.4 Å². The number of nitrogens with zero attached hydrogens (tertiary/aromatic N) is 3. The summed E-state index contributed by atoms with van der Waals surface area (Å²) in [6, 6.07) is 11.2. The lowest BCUT2D eigenvalue weighted by molar-refractivity contribution is -0.114. The molecule has 152 valence electrons. The highest BCUT2D eigenvalue weighted by Gasteiger charge is 2.19. The van der Waals surface area contributed by atoms with Crippen LogP contribution in [0.25, 0.3) is 16.3 Å². The maximum atomic E-state index is 13.1. The number of fused-ring (bicyclic) bond motifs is 1. The zero-order chi connectivity index (χ0) is 21.0. The molecule has 0 saturated heterocycles. The van der Waals surface area contributed by atoms with Gasteiger partial charge in [0.2, 0.25) is 0 Å². The third-order valence-electron chi connectivity index (χ3n) is 4.43. The highest BCUT2D eigenvalue weighted by Crippen LogP contribution is 2.33. The lowest BCUT2D eigenvalue weighted by Gasteiger charge is -2.19. The molecule has 29 heavy (non-hydrogen) atoms. The predicted octanol–water partition coefficient (Wildman–Crippen LogP) is 5.91. The molecule has 0 bridgehead atoms. The summed E-state index contributed by atoms with van der Waals surface area (Å²) in [5.41, 5.74) is 2.69. The van der Waals surface area contributed by atoms with Gasteiger partial charge in [-0.15, -0.1) is 0 Å². The molecule has 0 atom stereocenters. The van der Waals surface area contributed by atoms with Crippen LogP contribution in [-0.2, 0) is 4.79 Å². The topological polar surface area (TPSA) is 36.4 Å². The minimum absolute atomic E-state index is 0.119. The van der Waals surface area contributed by atoms with E-state index in [-0.39, 0.29) is 5.91 Å². The Morgan fingerprint density at radius 2 is 1.93 bits per heavy atom. The van der Waals surface area contributed by atoms with E-state index in [2.05, 4.69) is 4.90 Å². The quantitative estimate of drug-likeness (QED) is 0.422. The van der Waals surface area contributed by atoms with E-state index in [0.717, 1.165) is 34.3 Å². The van der Waals surface area contributed by atoms with Gasteiger partial charge in [-0.1, -0.05) is 52.7 Å². The minimum Gasteiger partial charge on any atom is -0.309 e. The van der Waals surface area contributed by atoms with Crippen LogP contribution in [0.1, 0.15) is 17.5 Å². The first kappa shape index (κ1) is 21.8. The number of carbonyl (C=O) groups excluding carboxylic acids is 1. The standard InChI is InChI=1S/C22H23Cl2N3OS/c1-15-13-17(23)14-19-21(15)25-22(29-19)27(12-6-11-26(2)3)20(28)10-9-16-7-4-5-8-18(16)24/h4-5,7-10,13-14H,6,11-12H2,1-3H3/b10-9+. The summed E-state index contributed by atoms with van der Waals surface area (Å²) in [6.45, 7) is 3.44. The molecule has 1 heterocycles. The molecule has 0 radical (unpaired) electrons. The Kier molecular flexibility index (Phi) is 7.30. The largest absolute Gasteiger partial charge is 0.309 e. The molecule has 0 saturated carbocycles. The van der Waals surface area contributed by atoms with Crippen molar-refractivity contribution in [3.63, 3.8) is 0 Å². The van der Waals surface area contributed by atoms with Crippen molar-refractivity contribution in [2.45, 2.75) is 13.3 Å². The lowest BCUT2D eigenvalue weighted by atomic mass is 10.2. The zero-order valence-electron chi connectivity index (χ0n) is 16.7. The van der Waals surface area contributed by atoms with Crippen molar-refractivity contribution in [1.82, 2.24) is 9.88 Å². The number of thiazole rings is 1. The number of amides is 1. The van der Waals surface area contributed by atoms with Crippen LogP contribution < -0.4 is 4.90 Å². The first-order valence-corrected chi connectivity index (χ1v) is 10.9. The Morgan fingerprint density at radius 3 is 2.66 bits per heavy atom. The second-order valence-corrected chi connectivity index (χ2v) is 8.92. The second-order valence-electron chi connectivity index (χ2n) is 7.07. The fraction of sp³-hybridized carbons (Fsp3) is 0.273. The van der Waals surface area contributed by atoms with Crippen molar-refractivity contribution < 1.29 is 4.79 Å². The number of aryl methyl sites for hydroxylation is 1. The van der Waals surface area contributed by atoms with E-state index in [0.29, 0.717) is 21.7 Å². The van der Waals surface area contributed by atoms with E-state index >= 15 is 0 Å². The van der Waals surface area contributed by atoms with E-state index in [1.165, 1.54) is 11.3 Å². The van der Waals surface area contributed by atoms with Crippen molar-refractivity contribution in [2.24, 2.45) is 0 Å². The van der Waals surface area contributed by atoms with Crippen molar-refractivity contribution in [3.8, 4) is 0 Å². The number of benzene rings is 2. The fourth-order valence-electron chi connectivity index (χ4n) is 2.96. The molecule has 0 N–H and O–H groups in total. The third-order valence-corrected chi connectivity index (χ3v) is 6.02. The summed E-state index contributed by atoms with van der Waals surface area (Å²) in [5.74, 6) is -0.119. The molecule has 0 unspecified atom stereocenters. The molecular formula is C22H23Cl2N3OS. The fourth-order valence-corrected chi connectivity index (χ4v) is 4.62. The van der Waals surface area contributed by atoms with E-state index < -0.39 is 0 Å².